The van der Waals surface area contributed by atoms with Crippen LogP contribution in [0.4, 0.5) is 0 Å². The SMILES string of the molecule is OC1CN(CI)C1. The number of likely N-dealkylation sites (tertiary alicyclic amines) is 1. The number of rotatable bonds is 1. The molecule has 0 aromatic carbocycles. The summed E-state index contributed by atoms with van der Waals surface area (Å²) >= 11 is 2.29. The van der Waals surface area contributed by atoms with Gasteiger partial charge in [-0.3, -0.25) is 4.90 Å². The number of hydrogen-bond acceptors (Lipinski definition) is 2. The summed E-state index contributed by atoms with van der Waals surface area (Å²) in [6.45, 7) is 1.76. The minimum Gasteiger partial charge on any atom is -0.390 e. The summed E-state index contributed by atoms with van der Waals surface area (Å²) in [6.07, 6.45) is -0.0326. The maximum absolute atomic E-state index is 8.70. The zero-order chi connectivity index (χ0) is 5.28. The Hall–Kier alpha value is 0.650. The molecule has 0 unspecified atom stereocenters. The van der Waals surface area contributed by atoms with Gasteiger partial charge in [-0.1, -0.05) is 22.6 Å². The lowest BCUT2D eigenvalue weighted by Crippen LogP contribution is -2.49. The summed E-state index contributed by atoms with van der Waals surface area (Å²) in [7, 11) is 0. The molecular formula is C4H8INO. The zero-order valence-corrected chi connectivity index (χ0v) is 6.13. The molecule has 1 fully saturated rings. The Balaban J connectivity index is 2.06. The van der Waals surface area contributed by atoms with Crippen molar-refractivity contribution in [3.63, 3.8) is 0 Å². The van der Waals surface area contributed by atoms with Crippen LogP contribution in [0.1, 0.15) is 0 Å². The van der Waals surface area contributed by atoms with E-state index >= 15 is 0 Å². The highest BCUT2D eigenvalue weighted by Gasteiger charge is 2.21. The minimum absolute atomic E-state index is 0.0326. The van der Waals surface area contributed by atoms with Crippen molar-refractivity contribution in [1.29, 1.82) is 0 Å². The molecule has 0 aromatic heterocycles. The van der Waals surface area contributed by atoms with Crippen LogP contribution in [0.5, 0.6) is 0 Å². The minimum atomic E-state index is -0.0326. The van der Waals surface area contributed by atoms with E-state index in [0.29, 0.717) is 0 Å². The van der Waals surface area contributed by atoms with Gasteiger partial charge in [0.2, 0.25) is 0 Å². The van der Waals surface area contributed by atoms with Crippen molar-refractivity contribution >= 4 is 22.6 Å². The number of nitrogens with zero attached hydrogens (tertiary/aromatic N) is 1. The van der Waals surface area contributed by atoms with E-state index in [2.05, 4.69) is 27.5 Å². The molecular weight excluding hydrogens is 205 g/mol. The molecule has 42 valence electrons. The Kier molecular flexibility index (Phi) is 1.88. The summed E-state index contributed by atoms with van der Waals surface area (Å²) in [6, 6.07) is 0. The number of halogens is 1. The van der Waals surface area contributed by atoms with Crippen LogP contribution in [-0.2, 0) is 0 Å². The first-order valence-corrected chi connectivity index (χ1v) is 3.82. The summed E-state index contributed by atoms with van der Waals surface area (Å²) in [4.78, 5) is 2.19. The molecule has 7 heavy (non-hydrogen) atoms. The predicted molar refractivity (Wildman–Crippen MR) is 36.5 cm³/mol. The van der Waals surface area contributed by atoms with Crippen molar-refractivity contribution in [2.24, 2.45) is 0 Å². The smallest absolute Gasteiger partial charge is 0.0794 e. The highest BCUT2D eigenvalue weighted by atomic mass is 127. The zero-order valence-electron chi connectivity index (χ0n) is 3.97. The molecule has 0 aliphatic carbocycles. The van der Waals surface area contributed by atoms with E-state index in [1.807, 2.05) is 0 Å². The van der Waals surface area contributed by atoms with Crippen LogP contribution in [0.25, 0.3) is 0 Å². The molecule has 0 spiro atoms. The van der Waals surface area contributed by atoms with Gasteiger partial charge in [0.15, 0.2) is 0 Å². The molecule has 2 nitrogen and oxygen atoms in total. The van der Waals surface area contributed by atoms with Gasteiger partial charge in [-0.15, -0.1) is 0 Å². The Morgan fingerprint density at radius 1 is 1.71 bits per heavy atom. The van der Waals surface area contributed by atoms with Gasteiger partial charge in [-0.05, 0) is 0 Å². The quantitative estimate of drug-likeness (QED) is 0.378. The topological polar surface area (TPSA) is 23.5 Å². The standard InChI is InChI=1S/C4H8INO/c5-3-6-1-4(7)2-6/h4,7H,1-3H2. The highest BCUT2D eigenvalue weighted by molar-refractivity contribution is 14.1. The third-order valence-electron chi connectivity index (χ3n) is 1.11. The highest BCUT2D eigenvalue weighted by Crippen LogP contribution is 2.07. The predicted octanol–water partition coefficient (Wildman–Crippen LogP) is 0.0554. The first kappa shape index (κ1) is 5.78. The lowest BCUT2D eigenvalue weighted by atomic mass is 10.2. The number of aliphatic hydroxyl groups excluding tert-OH is 1. The summed E-state index contributed by atoms with van der Waals surface area (Å²) in [5.41, 5.74) is 0. The van der Waals surface area contributed by atoms with E-state index in [0.717, 1.165) is 17.6 Å². The summed E-state index contributed by atoms with van der Waals surface area (Å²) in [5.74, 6) is 0. The maximum Gasteiger partial charge on any atom is 0.0794 e. The van der Waals surface area contributed by atoms with Crippen molar-refractivity contribution in [2.75, 3.05) is 17.6 Å². The molecule has 1 aliphatic rings. The lowest BCUT2D eigenvalue weighted by Gasteiger charge is -2.33. The number of β-amino-alcohol motifs (C(OH)–C–C–N with tert-alkyl or cyclic N) is 1. The van der Waals surface area contributed by atoms with Crippen molar-refractivity contribution < 1.29 is 5.11 Å². The molecule has 0 radical (unpaired) electrons. The third kappa shape index (κ3) is 1.27. The normalized spacial score (nSPS) is 24.9. The van der Waals surface area contributed by atoms with E-state index in [4.69, 9.17) is 5.11 Å². The van der Waals surface area contributed by atoms with E-state index < -0.39 is 0 Å². The molecule has 0 bridgehead atoms. The average Bonchev–Trinajstić information content (AvgIpc) is 1.58. The van der Waals surface area contributed by atoms with Crippen LogP contribution >= 0.6 is 22.6 Å². The number of hydrogen-bond donors (Lipinski definition) is 1. The van der Waals surface area contributed by atoms with Gasteiger partial charge in [0.1, 0.15) is 0 Å². The molecule has 1 aliphatic heterocycles. The fraction of sp³-hybridized carbons (Fsp3) is 1.00. The van der Waals surface area contributed by atoms with Crippen LogP contribution in [-0.4, -0.2) is 33.8 Å². The molecule has 1 heterocycles. The molecule has 1 N–H and O–H groups in total. The Labute approximate surface area is 56.6 Å². The fourth-order valence-corrected chi connectivity index (χ4v) is 1.20. The molecule has 1 saturated heterocycles. The average molecular weight is 213 g/mol. The Morgan fingerprint density at radius 3 is 2.43 bits per heavy atom. The second-order valence-corrected chi connectivity index (χ2v) is 2.49. The van der Waals surface area contributed by atoms with Crippen LogP contribution < -0.4 is 0 Å². The van der Waals surface area contributed by atoms with Gasteiger partial charge in [-0.2, -0.15) is 0 Å². The van der Waals surface area contributed by atoms with Gasteiger partial charge in [-0.25, -0.2) is 0 Å². The fourth-order valence-electron chi connectivity index (χ4n) is 0.640. The van der Waals surface area contributed by atoms with Crippen LogP contribution in [0.2, 0.25) is 0 Å². The largest absolute Gasteiger partial charge is 0.390 e. The molecule has 0 saturated carbocycles. The van der Waals surface area contributed by atoms with Gasteiger partial charge < -0.3 is 5.11 Å². The number of alkyl halides is 1. The summed E-state index contributed by atoms with van der Waals surface area (Å²) < 4.78 is 1.05. The van der Waals surface area contributed by atoms with Crippen molar-refractivity contribution in [1.82, 2.24) is 4.90 Å². The van der Waals surface area contributed by atoms with E-state index in [1.54, 1.807) is 0 Å². The van der Waals surface area contributed by atoms with Crippen LogP contribution in [0, 0.1) is 0 Å². The van der Waals surface area contributed by atoms with Crippen molar-refractivity contribution in [2.45, 2.75) is 6.10 Å². The van der Waals surface area contributed by atoms with Gasteiger partial charge >= 0.3 is 0 Å². The summed E-state index contributed by atoms with van der Waals surface area (Å²) in [5, 5.41) is 8.70. The maximum atomic E-state index is 8.70. The van der Waals surface area contributed by atoms with E-state index in [9.17, 15) is 0 Å². The second kappa shape index (κ2) is 2.28. The van der Waals surface area contributed by atoms with Gasteiger partial charge in [0, 0.05) is 13.1 Å². The Morgan fingerprint density at radius 2 is 2.29 bits per heavy atom. The molecule has 0 atom stereocenters. The lowest BCUT2D eigenvalue weighted by molar-refractivity contribution is 0.0175. The molecule has 0 aromatic rings. The molecule has 0 amide bonds. The van der Waals surface area contributed by atoms with Gasteiger partial charge in [0.25, 0.3) is 0 Å². The Bertz CT molecular complexity index is 62.7. The molecule has 1 rings (SSSR count). The second-order valence-electron chi connectivity index (χ2n) is 1.81. The van der Waals surface area contributed by atoms with Crippen LogP contribution in [0.3, 0.4) is 0 Å². The molecule has 3 heteroatoms. The third-order valence-corrected chi connectivity index (χ3v) is 2.07. The van der Waals surface area contributed by atoms with Crippen LogP contribution in [0.15, 0.2) is 0 Å². The van der Waals surface area contributed by atoms with E-state index in [1.165, 1.54) is 0 Å². The van der Waals surface area contributed by atoms with Gasteiger partial charge in [0.05, 0.1) is 10.7 Å². The van der Waals surface area contributed by atoms with Crippen molar-refractivity contribution in [3.8, 4) is 0 Å². The monoisotopic (exact) mass is 213 g/mol. The first-order chi connectivity index (χ1) is 3.33. The first-order valence-electron chi connectivity index (χ1n) is 2.29. The van der Waals surface area contributed by atoms with E-state index in [-0.39, 0.29) is 6.10 Å². The van der Waals surface area contributed by atoms with Crippen molar-refractivity contribution in [3.05, 3.63) is 0 Å². The number of aliphatic hydroxyl groups is 1.